The number of halogens is 1. The summed E-state index contributed by atoms with van der Waals surface area (Å²) in [5.74, 6) is -1.18. The molecule has 0 bridgehead atoms. The quantitative estimate of drug-likeness (QED) is 0.180. The maximum atomic E-state index is 15.2. The number of fused-ring (bicyclic) bond motifs is 5. The summed E-state index contributed by atoms with van der Waals surface area (Å²) in [7, 11) is 1.84. The Kier molecular flexibility index (Phi) is 10.2. The third-order valence-corrected chi connectivity index (χ3v) is 12.4. The molecule has 4 aromatic carbocycles. The summed E-state index contributed by atoms with van der Waals surface area (Å²) < 4.78 is 7.89. The predicted octanol–water partition coefficient (Wildman–Crippen LogP) is 8.09. The molecule has 1 aliphatic carbocycles. The van der Waals surface area contributed by atoms with E-state index in [0.717, 1.165) is 66.7 Å². The first-order valence-corrected chi connectivity index (χ1v) is 19.5. The van der Waals surface area contributed by atoms with Crippen LogP contribution in [0.5, 0.6) is 0 Å². The molecule has 1 fully saturated rings. The van der Waals surface area contributed by atoms with Crippen LogP contribution in [0.25, 0.3) is 22.3 Å². The molecule has 0 saturated carbocycles. The van der Waals surface area contributed by atoms with Gasteiger partial charge in [-0.05, 0) is 108 Å². The molecule has 0 radical (unpaired) electrons. The van der Waals surface area contributed by atoms with Gasteiger partial charge in [-0.2, -0.15) is 0 Å². The van der Waals surface area contributed by atoms with Crippen molar-refractivity contribution in [3.8, 4) is 22.3 Å². The van der Waals surface area contributed by atoms with E-state index in [1.807, 2.05) is 65.2 Å². The number of carbonyl (C=O) groups excluding carboxylic acids is 2. The van der Waals surface area contributed by atoms with Crippen LogP contribution in [-0.4, -0.2) is 81.2 Å². The minimum atomic E-state index is -1.02. The van der Waals surface area contributed by atoms with E-state index in [9.17, 15) is 14.7 Å². The molecule has 1 aromatic heterocycles. The predicted molar refractivity (Wildman–Crippen MR) is 218 cm³/mol. The highest BCUT2D eigenvalue weighted by Gasteiger charge is 2.36. The highest BCUT2D eigenvalue weighted by atomic mass is 35.5. The number of amides is 2. The molecule has 10 heteroatoms. The fourth-order valence-electron chi connectivity index (χ4n) is 9.46. The summed E-state index contributed by atoms with van der Waals surface area (Å²) in [6, 6.07) is 28.9. The number of aryl methyl sites for hydroxylation is 1. The summed E-state index contributed by atoms with van der Waals surface area (Å²) in [6.45, 7) is 6.12. The number of aromatic nitrogens is 1. The number of carbonyl (C=O) groups is 3. The van der Waals surface area contributed by atoms with E-state index in [0.29, 0.717) is 48.4 Å². The van der Waals surface area contributed by atoms with Gasteiger partial charge in [0.2, 0.25) is 0 Å². The Hall–Kier alpha value is -5.38. The number of rotatable bonds is 7. The normalized spacial score (nSPS) is 17.4. The van der Waals surface area contributed by atoms with E-state index in [1.54, 1.807) is 11.8 Å². The number of aromatic carboxylic acids is 1. The first kappa shape index (κ1) is 37.5. The minimum absolute atomic E-state index is 0. The van der Waals surface area contributed by atoms with Crippen molar-refractivity contribution in [2.75, 3.05) is 32.8 Å². The lowest BCUT2D eigenvalue weighted by atomic mass is 9.88. The van der Waals surface area contributed by atoms with Crippen molar-refractivity contribution in [2.24, 2.45) is 7.05 Å². The standard InChI is InChI=1S/C46H46N4O5.ClH/c1-29-43(45(52)53)41(27-47(29)2)39-22-31-17-20-49(46(54)55-28-42-37-15-7-5-13-35(37)36-14-6-8-16-38(36)42)24-33(31)23-40(39)44(51)50-25-32-12-4-3-11-30(32)21-34(50)26-48-18-9-10-19-48;/h3-8,11-16,22-23,27,34,42H,9-10,17-21,24-26,28H2,1-2H3,(H,52,53);1H/t34-;/m0./s1. The minimum Gasteiger partial charge on any atom is -0.478 e. The molecule has 4 aliphatic rings. The number of carboxylic acid groups (broad SMARTS) is 1. The molecule has 1 saturated heterocycles. The Morgan fingerprint density at radius 1 is 0.768 bits per heavy atom. The third kappa shape index (κ3) is 6.66. The smallest absolute Gasteiger partial charge is 0.410 e. The zero-order valence-corrected chi connectivity index (χ0v) is 32.7. The molecular weight excluding hydrogens is 724 g/mol. The summed E-state index contributed by atoms with van der Waals surface area (Å²) in [5, 5.41) is 10.4. The number of hydrogen-bond acceptors (Lipinski definition) is 5. The Balaban J connectivity index is 0.00000441. The number of ether oxygens (including phenoxy) is 1. The number of likely N-dealkylation sites (tertiary alicyclic amines) is 1. The van der Waals surface area contributed by atoms with Crippen molar-refractivity contribution in [1.29, 1.82) is 0 Å². The fraction of sp³-hybridized carbons (Fsp3) is 0.326. The second kappa shape index (κ2) is 15.3. The molecular formula is C46H47ClN4O5. The van der Waals surface area contributed by atoms with Gasteiger partial charge in [-0.3, -0.25) is 4.79 Å². The second-order valence-corrected chi connectivity index (χ2v) is 15.6. The molecule has 288 valence electrons. The van der Waals surface area contributed by atoms with E-state index < -0.39 is 5.97 Å². The van der Waals surface area contributed by atoms with Crippen molar-refractivity contribution in [3.05, 3.63) is 141 Å². The molecule has 3 aliphatic heterocycles. The summed E-state index contributed by atoms with van der Waals surface area (Å²) in [5.41, 5.74) is 11.4. The average molecular weight is 771 g/mol. The van der Waals surface area contributed by atoms with Gasteiger partial charge in [-0.1, -0.05) is 72.8 Å². The maximum absolute atomic E-state index is 15.2. The van der Waals surface area contributed by atoms with Crippen molar-refractivity contribution in [3.63, 3.8) is 0 Å². The molecule has 2 amide bonds. The van der Waals surface area contributed by atoms with Crippen LogP contribution >= 0.6 is 12.4 Å². The van der Waals surface area contributed by atoms with Crippen molar-refractivity contribution >= 4 is 30.4 Å². The van der Waals surface area contributed by atoms with Gasteiger partial charge in [0, 0.05) is 68.2 Å². The number of benzene rings is 4. The number of carboxylic acids is 1. The van der Waals surface area contributed by atoms with Crippen molar-refractivity contribution in [1.82, 2.24) is 19.3 Å². The SMILES string of the molecule is Cc1c(C(=O)O)c(-c2cc3c(cc2C(=O)N2Cc4ccccc4C[C@H]2CN2CCCC2)CN(C(=O)OCC2c4ccccc4-c4ccccc42)CC3)cn1C.Cl. The molecule has 9 nitrogen and oxygen atoms in total. The Morgan fingerprint density at radius 3 is 2.12 bits per heavy atom. The maximum Gasteiger partial charge on any atom is 0.410 e. The molecule has 0 unspecified atom stereocenters. The van der Waals surface area contributed by atoms with Crippen LogP contribution in [0.4, 0.5) is 4.79 Å². The first-order chi connectivity index (χ1) is 26.7. The molecule has 5 aromatic rings. The van der Waals surface area contributed by atoms with Gasteiger partial charge >= 0.3 is 12.1 Å². The van der Waals surface area contributed by atoms with Gasteiger partial charge in [0.15, 0.2) is 0 Å². The number of nitrogens with zero attached hydrogens (tertiary/aromatic N) is 4. The monoisotopic (exact) mass is 770 g/mol. The third-order valence-electron chi connectivity index (χ3n) is 12.4. The van der Waals surface area contributed by atoms with Gasteiger partial charge < -0.3 is 29.1 Å². The second-order valence-electron chi connectivity index (χ2n) is 15.6. The zero-order valence-electron chi connectivity index (χ0n) is 31.9. The Labute approximate surface area is 333 Å². The number of hydrogen-bond donors (Lipinski definition) is 1. The molecule has 56 heavy (non-hydrogen) atoms. The summed E-state index contributed by atoms with van der Waals surface area (Å²) in [4.78, 5) is 47.9. The molecule has 9 rings (SSSR count). The van der Waals surface area contributed by atoms with Gasteiger partial charge in [0.05, 0.1) is 5.56 Å². The van der Waals surface area contributed by atoms with Crippen molar-refractivity contribution < 1.29 is 24.2 Å². The van der Waals surface area contributed by atoms with Crippen LogP contribution in [0.15, 0.2) is 91.1 Å². The van der Waals surface area contributed by atoms with Crippen LogP contribution in [0.2, 0.25) is 0 Å². The molecule has 0 spiro atoms. The van der Waals surface area contributed by atoms with Gasteiger partial charge in [-0.25, -0.2) is 9.59 Å². The van der Waals surface area contributed by atoms with Crippen molar-refractivity contribution in [2.45, 2.75) is 57.7 Å². The first-order valence-electron chi connectivity index (χ1n) is 19.5. The van der Waals surface area contributed by atoms with E-state index >= 15 is 4.79 Å². The van der Waals surface area contributed by atoms with E-state index in [-0.39, 0.29) is 48.5 Å². The lowest BCUT2D eigenvalue weighted by Gasteiger charge is -2.39. The largest absolute Gasteiger partial charge is 0.478 e. The van der Waals surface area contributed by atoms with Gasteiger partial charge in [0.1, 0.15) is 6.61 Å². The lowest BCUT2D eigenvalue weighted by Crippen LogP contribution is -2.49. The van der Waals surface area contributed by atoms with Crippen LogP contribution in [0.1, 0.15) is 78.6 Å². The topological polar surface area (TPSA) is 95.3 Å². The highest BCUT2D eigenvalue weighted by Crippen LogP contribution is 2.45. The van der Waals surface area contributed by atoms with Gasteiger partial charge in [-0.15, -0.1) is 12.4 Å². The summed E-state index contributed by atoms with van der Waals surface area (Å²) in [6.07, 6.45) is 5.10. The molecule has 1 N–H and O–H groups in total. The average Bonchev–Trinajstić information content (AvgIpc) is 3.92. The van der Waals surface area contributed by atoms with E-state index in [2.05, 4.69) is 47.4 Å². The zero-order chi connectivity index (χ0) is 37.8. The van der Waals surface area contributed by atoms with Crippen LogP contribution in [0, 0.1) is 6.92 Å². The van der Waals surface area contributed by atoms with Crippen LogP contribution < -0.4 is 0 Å². The fourth-order valence-corrected chi connectivity index (χ4v) is 9.46. The molecule has 1 atom stereocenters. The van der Waals surface area contributed by atoms with Crippen LogP contribution in [-0.2, 0) is 37.7 Å². The molecule has 4 heterocycles. The Bertz CT molecular complexity index is 2300. The lowest BCUT2D eigenvalue weighted by molar-refractivity contribution is 0.0593. The van der Waals surface area contributed by atoms with Crippen LogP contribution in [0.3, 0.4) is 0 Å². The Morgan fingerprint density at radius 2 is 1.43 bits per heavy atom. The van der Waals surface area contributed by atoms with E-state index in [1.165, 1.54) is 16.7 Å². The highest BCUT2D eigenvalue weighted by molar-refractivity contribution is 6.06. The van der Waals surface area contributed by atoms with Gasteiger partial charge in [0.25, 0.3) is 5.91 Å². The van der Waals surface area contributed by atoms with E-state index in [4.69, 9.17) is 4.74 Å². The summed E-state index contributed by atoms with van der Waals surface area (Å²) >= 11 is 0.